The fourth-order valence-corrected chi connectivity index (χ4v) is 1.32. The number of hydrogen-bond donors (Lipinski definition) is 1. The Labute approximate surface area is 75.4 Å². The van der Waals surface area contributed by atoms with Crippen LogP contribution in [0.2, 0.25) is 0 Å². The van der Waals surface area contributed by atoms with Gasteiger partial charge in [-0.1, -0.05) is 30.3 Å². The lowest BCUT2D eigenvalue weighted by molar-refractivity contribution is 0.644. The molecule has 2 N–H and O–H groups in total. The molecule has 3 heteroatoms. The fraction of sp³-hybridized carbons (Fsp3) is 0.333. The smallest absolute Gasteiger partial charge is 0.0990 e. The molecule has 0 heterocycles. The van der Waals surface area contributed by atoms with E-state index in [0.717, 1.165) is 5.56 Å². The van der Waals surface area contributed by atoms with Crippen molar-refractivity contribution in [2.45, 2.75) is 18.6 Å². The predicted octanol–water partition coefficient (Wildman–Crippen LogP) is 1.54. The largest absolute Gasteiger partial charge is 0.251 e. The summed E-state index contributed by atoms with van der Waals surface area (Å²) in [4.78, 5) is 0. The molecule has 0 aliphatic rings. The van der Waals surface area contributed by atoms with Crippen LogP contribution in [0, 0.1) is 0 Å². The van der Waals surface area contributed by atoms with Crippen molar-refractivity contribution >= 4 is 11.0 Å². The Bertz CT molecular complexity index is 282. The molecule has 1 aromatic carbocycles. The van der Waals surface area contributed by atoms with Gasteiger partial charge in [0.25, 0.3) is 0 Å². The van der Waals surface area contributed by atoms with Crippen LogP contribution in [-0.2, 0) is 15.7 Å². The fourth-order valence-electron chi connectivity index (χ4n) is 0.956. The molecule has 0 aliphatic heterocycles. The molecule has 1 aromatic rings. The molecular weight excluding hydrogens is 170 g/mol. The maximum atomic E-state index is 11.2. The van der Waals surface area contributed by atoms with E-state index < -0.39 is 15.7 Å². The molecule has 0 bridgehead atoms. The molecule has 0 aromatic heterocycles. The van der Waals surface area contributed by atoms with Crippen molar-refractivity contribution in [3.63, 3.8) is 0 Å². The molecule has 0 aliphatic carbocycles. The molecule has 0 unspecified atom stereocenters. The highest BCUT2D eigenvalue weighted by atomic mass is 32.2. The lowest BCUT2D eigenvalue weighted by Gasteiger charge is -2.21. The van der Waals surface area contributed by atoms with Crippen molar-refractivity contribution in [1.29, 1.82) is 0 Å². The number of hydrogen-bond acceptors (Lipinski definition) is 1. The van der Waals surface area contributed by atoms with Crippen LogP contribution in [0.15, 0.2) is 30.3 Å². The van der Waals surface area contributed by atoms with Gasteiger partial charge in [-0.15, -0.1) is 0 Å². The number of nitrogens with two attached hydrogens (primary N) is 1. The maximum absolute atomic E-state index is 11.2. The predicted molar refractivity (Wildman–Crippen MR) is 51.8 cm³/mol. The topological polar surface area (TPSA) is 43.1 Å². The van der Waals surface area contributed by atoms with Gasteiger partial charge in [0.05, 0.1) is 15.7 Å². The van der Waals surface area contributed by atoms with Gasteiger partial charge in [0.15, 0.2) is 0 Å². The normalized spacial score (nSPS) is 14.2. The number of benzene rings is 1. The summed E-state index contributed by atoms with van der Waals surface area (Å²) in [6, 6.07) is 9.64. The molecule has 2 nitrogen and oxygen atoms in total. The Hall–Kier alpha value is -0.670. The van der Waals surface area contributed by atoms with Gasteiger partial charge >= 0.3 is 0 Å². The second-order valence-corrected chi connectivity index (χ2v) is 4.79. The monoisotopic (exact) mass is 183 g/mol. The zero-order valence-corrected chi connectivity index (χ0v) is 8.10. The van der Waals surface area contributed by atoms with Gasteiger partial charge in [0.2, 0.25) is 0 Å². The average molecular weight is 183 g/mol. The van der Waals surface area contributed by atoms with E-state index in [1.54, 1.807) is 0 Å². The minimum Gasteiger partial charge on any atom is -0.251 e. The molecule has 0 radical (unpaired) electrons. The first-order chi connectivity index (χ1) is 5.55. The van der Waals surface area contributed by atoms with Crippen LogP contribution in [0.1, 0.15) is 19.4 Å². The minimum atomic E-state index is -1.33. The summed E-state index contributed by atoms with van der Waals surface area (Å²) in [7, 11) is -1.33. The summed E-state index contributed by atoms with van der Waals surface area (Å²) < 4.78 is 10.7. The molecule has 0 saturated heterocycles. The molecule has 12 heavy (non-hydrogen) atoms. The van der Waals surface area contributed by atoms with E-state index in [9.17, 15) is 4.21 Å². The van der Waals surface area contributed by atoms with Gasteiger partial charge in [0, 0.05) is 0 Å². The Kier molecular flexibility index (Phi) is 2.65. The van der Waals surface area contributed by atoms with Crippen molar-refractivity contribution in [3.05, 3.63) is 35.9 Å². The van der Waals surface area contributed by atoms with Crippen LogP contribution in [-0.4, -0.2) is 4.21 Å². The zero-order valence-electron chi connectivity index (χ0n) is 7.28. The number of rotatable bonds is 2. The molecule has 0 saturated carbocycles. The van der Waals surface area contributed by atoms with Crippen LogP contribution in [0.25, 0.3) is 0 Å². The van der Waals surface area contributed by atoms with Gasteiger partial charge in [-0.3, -0.25) is 5.14 Å². The summed E-state index contributed by atoms with van der Waals surface area (Å²) in [6.45, 7) is 3.75. The minimum absolute atomic E-state index is 0.457. The summed E-state index contributed by atoms with van der Waals surface area (Å²) >= 11 is 0. The third kappa shape index (κ3) is 1.73. The highest BCUT2D eigenvalue weighted by Crippen LogP contribution is 2.24. The maximum Gasteiger partial charge on any atom is 0.0990 e. The first kappa shape index (κ1) is 9.42. The van der Waals surface area contributed by atoms with Gasteiger partial charge in [-0.25, -0.2) is 4.21 Å². The quantitative estimate of drug-likeness (QED) is 0.742. The van der Waals surface area contributed by atoms with Crippen LogP contribution in [0.5, 0.6) is 0 Å². The molecule has 0 amide bonds. The molecule has 66 valence electrons. The highest BCUT2D eigenvalue weighted by molar-refractivity contribution is 7.83. The van der Waals surface area contributed by atoms with E-state index in [0.29, 0.717) is 0 Å². The van der Waals surface area contributed by atoms with Gasteiger partial charge in [0.1, 0.15) is 0 Å². The van der Waals surface area contributed by atoms with Crippen LogP contribution in [0.3, 0.4) is 0 Å². The van der Waals surface area contributed by atoms with Crippen molar-refractivity contribution in [1.82, 2.24) is 0 Å². The molecule has 0 spiro atoms. The summed E-state index contributed by atoms with van der Waals surface area (Å²) in [5.41, 5.74) is 1.01. The van der Waals surface area contributed by atoms with Gasteiger partial charge in [-0.05, 0) is 19.4 Å². The first-order valence-electron chi connectivity index (χ1n) is 3.77. The zero-order chi connectivity index (χ0) is 9.19. The van der Waals surface area contributed by atoms with E-state index in [-0.39, 0.29) is 0 Å². The van der Waals surface area contributed by atoms with E-state index in [2.05, 4.69) is 0 Å². The first-order valence-corrected chi connectivity index (χ1v) is 4.98. The highest BCUT2D eigenvalue weighted by Gasteiger charge is 2.25. The van der Waals surface area contributed by atoms with Crippen LogP contribution < -0.4 is 5.14 Å². The third-order valence-electron chi connectivity index (χ3n) is 1.97. The van der Waals surface area contributed by atoms with Gasteiger partial charge < -0.3 is 0 Å². The molecular formula is C9H13NOS. The summed E-state index contributed by atoms with van der Waals surface area (Å²) in [6.07, 6.45) is 0. The molecule has 0 fully saturated rings. The lowest BCUT2D eigenvalue weighted by atomic mass is 10.0. The SMILES string of the molecule is CC(C)(c1ccccc1)[S@@](N)=O. The second kappa shape index (κ2) is 3.37. The van der Waals surface area contributed by atoms with Crippen molar-refractivity contribution < 1.29 is 4.21 Å². The Morgan fingerprint density at radius 1 is 1.25 bits per heavy atom. The van der Waals surface area contributed by atoms with E-state index in [4.69, 9.17) is 5.14 Å². The van der Waals surface area contributed by atoms with Crippen molar-refractivity contribution in [2.75, 3.05) is 0 Å². The Morgan fingerprint density at radius 2 is 1.75 bits per heavy atom. The molecule has 1 rings (SSSR count). The second-order valence-electron chi connectivity index (χ2n) is 3.17. The van der Waals surface area contributed by atoms with E-state index in [1.807, 2.05) is 44.2 Å². The van der Waals surface area contributed by atoms with E-state index >= 15 is 0 Å². The van der Waals surface area contributed by atoms with Crippen molar-refractivity contribution in [2.24, 2.45) is 5.14 Å². The summed E-state index contributed by atoms with van der Waals surface area (Å²) in [5.74, 6) is 0. The average Bonchev–Trinajstić information content (AvgIpc) is 2.06. The molecule has 1 atom stereocenters. The Balaban J connectivity index is 3.06. The third-order valence-corrected chi connectivity index (χ3v) is 3.21. The lowest BCUT2D eigenvalue weighted by Crippen LogP contribution is -2.29. The standard InChI is InChI=1S/C9H13NOS/c1-9(2,12(10)11)8-6-4-3-5-7-8/h3-7H,10H2,1-2H3/t12-/m0/s1. The van der Waals surface area contributed by atoms with Crippen LogP contribution >= 0.6 is 0 Å². The van der Waals surface area contributed by atoms with E-state index in [1.165, 1.54) is 0 Å². The van der Waals surface area contributed by atoms with Gasteiger partial charge in [-0.2, -0.15) is 0 Å². The Morgan fingerprint density at radius 3 is 2.17 bits per heavy atom. The van der Waals surface area contributed by atoms with Crippen molar-refractivity contribution in [3.8, 4) is 0 Å². The summed E-state index contributed by atoms with van der Waals surface area (Å²) in [5, 5.41) is 5.37. The van der Waals surface area contributed by atoms with Crippen LogP contribution in [0.4, 0.5) is 0 Å².